The molecule has 2 rings (SSSR count). The number of aromatic nitrogens is 1. The maximum atomic E-state index is 5.57. The number of hydrogen-bond donors (Lipinski definition) is 1. The summed E-state index contributed by atoms with van der Waals surface area (Å²) in [6.45, 7) is 1.93. The lowest BCUT2D eigenvalue weighted by atomic mass is 10.3. The highest BCUT2D eigenvalue weighted by molar-refractivity contribution is 5.46. The average molecular weight is 193 g/mol. The summed E-state index contributed by atoms with van der Waals surface area (Å²) in [5, 5.41) is 0. The Hall–Kier alpha value is -1.29. The monoisotopic (exact) mass is 193 g/mol. The second-order valence-electron chi connectivity index (χ2n) is 3.54. The molecule has 1 aromatic rings. The van der Waals surface area contributed by atoms with Crippen molar-refractivity contribution in [2.24, 2.45) is 0 Å². The Labute approximate surface area is 83.7 Å². The van der Waals surface area contributed by atoms with Gasteiger partial charge in [-0.25, -0.2) is 4.98 Å². The molecule has 1 aliphatic rings. The van der Waals surface area contributed by atoms with Crippen LogP contribution in [0.25, 0.3) is 0 Å². The standard InChI is InChI=1S/C10H15N3O/c1-14-9-4-5-13(7-9)10-3-2-8(11)6-12-10/h2-3,6,9H,4-5,7,11H2,1H3. The molecule has 0 radical (unpaired) electrons. The van der Waals surface area contributed by atoms with E-state index in [0.29, 0.717) is 11.8 Å². The Morgan fingerprint density at radius 2 is 2.43 bits per heavy atom. The van der Waals surface area contributed by atoms with E-state index in [-0.39, 0.29) is 0 Å². The molecular formula is C10H15N3O. The van der Waals surface area contributed by atoms with Gasteiger partial charge in [-0.05, 0) is 18.6 Å². The fourth-order valence-electron chi connectivity index (χ4n) is 1.71. The van der Waals surface area contributed by atoms with E-state index in [9.17, 15) is 0 Å². The second-order valence-corrected chi connectivity index (χ2v) is 3.54. The van der Waals surface area contributed by atoms with Gasteiger partial charge in [-0.1, -0.05) is 0 Å². The number of pyridine rings is 1. The van der Waals surface area contributed by atoms with Gasteiger partial charge < -0.3 is 15.4 Å². The molecule has 0 spiro atoms. The van der Waals surface area contributed by atoms with Crippen LogP contribution in [0, 0.1) is 0 Å². The number of nitrogens with zero attached hydrogens (tertiary/aromatic N) is 2. The topological polar surface area (TPSA) is 51.4 Å². The van der Waals surface area contributed by atoms with E-state index in [1.54, 1.807) is 13.3 Å². The maximum absolute atomic E-state index is 5.57. The van der Waals surface area contributed by atoms with Crippen molar-refractivity contribution in [3.05, 3.63) is 18.3 Å². The Balaban J connectivity index is 2.06. The summed E-state index contributed by atoms with van der Waals surface area (Å²) in [5.74, 6) is 0.985. The number of hydrogen-bond acceptors (Lipinski definition) is 4. The first-order chi connectivity index (χ1) is 6.79. The van der Waals surface area contributed by atoms with Crippen molar-refractivity contribution in [3.8, 4) is 0 Å². The molecule has 1 saturated heterocycles. The van der Waals surface area contributed by atoms with Crippen LogP contribution < -0.4 is 10.6 Å². The Morgan fingerprint density at radius 1 is 1.57 bits per heavy atom. The van der Waals surface area contributed by atoms with Gasteiger partial charge in [0, 0.05) is 20.2 Å². The molecule has 4 nitrogen and oxygen atoms in total. The van der Waals surface area contributed by atoms with Crippen molar-refractivity contribution in [2.45, 2.75) is 12.5 Å². The molecular weight excluding hydrogens is 178 g/mol. The minimum absolute atomic E-state index is 0.342. The SMILES string of the molecule is COC1CCN(c2ccc(N)cn2)C1. The number of nitrogens with two attached hydrogens (primary N) is 1. The summed E-state index contributed by atoms with van der Waals surface area (Å²) in [4.78, 5) is 6.49. The highest BCUT2D eigenvalue weighted by Crippen LogP contribution is 2.19. The van der Waals surface area contributed by atoms with E-state index in [4.69, 9.17) is 10.5 Å². The van der Waals surface area contributed by atoms with Gasteiger partial charge in [-0.2, -0.15) is 0 Å². The summed E-state index contributed by atoms with van der Waals surface area (Å²) < 4.78 is 5.29. The van der Waals surface area contributed by atoms with Crippen molar-refractivity contribution in [3.63, 3.8) is 0 Å². The third-order valence-corrected chi connectivity index (χ3v) is 2.57. The number of rotatable bonds is 2. The van der Waals surface area contributed by atoms with Gasteiger partial charge in [-0.3, -0.25) is 0 Å². The van der Waals surface area contributed by atoms with Gasteiger partial charge in [0.05, 0.1) is 18.0 Å². The highest BCUT2D eigenvalue weighted by Gasteiger charge is 2.22. The van der Waals surface area contributed by atoms with Gasteiger partial charge in [0.1, 0.15) is 5.82 Å². The molecule has 0 aliphatic carbocycles. The summed E-state index contributed by atoms with van der Waals surface area (Å²) in [7, 11) is 1.75. The molecule has 76 valence electrons. The number of anilines is 2. The van der Waals surface area contributed by atoms with E-state index < -0.39 is 0 Å². The average Bonchev–Trinajstić information content (AvgIpc) is 2.67. The van der Waals surface area contributed by atoms with Gasteiger partial charge in [0.2, 0.25) is 0 Å². The van der Waals surface area contributed by atoms with Crippen LogP contribution in [0.1, 0.15) is 6.42 Å². The van der Waals surface area contributed by atoms with Crippen molar-refractivity contribution < 1.29 is 4.74 Å². The van der Waals surface area contributed by atoms with Crippen LogP contribution in [0.3, 0.4) is 0 Å². The van der Waals surface area contributed by atoms with Crippen LogP contribution in [-0.4, -0.2) is 31.3 Å². The molecule has 1 aromatic heterocycles. The predicted molar refractivity (Wildman–Crippen MR) is 56.3 cm³/mol. The van der Waals surface area contributed by atoms with Crippen LogP contribution in [0.5, 0.6) is 0 Å². The van der Waals surface area contributed by atoms with Crippen molar-refractivity contribution in [2.75, 3.05) is 30.8 Å². The van der Waals surface area contributed by atoms with Gasteiger partial charge in [-0.15, -0.1) is 0 Å². The van der Waals surface area contributed by atoms with E-state index in [1.165, 1.54) is 0 Å². The first-order valence-corrected chi connectivity index (χ1v) is 4.79. The maximum Gasteiger partial charge on any atom is 0.128 e. The number of nitrogen functional groups attached to an aromatic ring is 1. The normalized spacial score (nSPS) is 21.5. The zero-order chi connectivity index (χ0) is 9.97. The smallest absolute Gasteiger partial charge is 0.128 e. The minimum atomic E-state index is 0.342. The fourth-order valence-corrected chi connectivity index (χ4v) is 1.71. The molecule has 0 amide bonds. The van der Waals surface area contributed by atoms with E-state index >= 15 is 0 Å². The number of ether oxygens (including phenoxy) is 1. The molecule has 1 aliphatic heterocycles. The minimum Gasteiger partial charge on any atom is -0.397 e. The van der Waals surface area contributed by atoms with Crippen LogP contribution in [0.15, 0.2) is 18.3 Å². The zero-order valence-electron chi connectivity index (χ0n) is 8.31. The van der Waals surface area contributed by atoms with Crippen LogP contribution in [-0.2, 0) is 4.74 Å². The van der Waals surface area contributed by atoms with Crippen LogP contribution in [0.4, 0.5) is 11.5 Å². The summed E-state index contributed by atoms with van der Waals surface area (Å²) >= 11 is 0. The van der Waals surface area contributed by atoms with Gasteiger partial charge >= 0.3 is 0 Å². The summed E-state index contributed by atoms with van der Waals surface area (Å²) in [6.07, 6.45) is 3.10. The van der Waals surface area contributed by atoms with Crippen molar-refractivity contribution >= 4 is 11.5 Å². The van der Waals surface area contributed by atoms with E-state index in [0.717, 1.165) is 25.3 Å². The van der Waals surface area contributed by atoms with E-state index in [2.05, 4.69) is 9.88 Å². The third kappa shape index (κ3) is 1.80. The molecule has 4 heteroatoms. The highest BCUT2D eigenvalue weighted by atomic mass is 16.5. The summed E-state index contributed by atoms with van der Waals surface area (Å²) in [5.41, 5.74) is 6.28. The largest absolute Gasteiger partial charge is 0.397 e. The first kappa shape index (κ1) is 9.27. The molecule has 1 fully saturated rings. The molecule has 1 unspecified atom stereocenters. The Bertz CT molecular complexity index is 299. The molecule has 2 N–H and O–H groups in total. The van der Waals surface area contributed by atoms with Crippen molar-refractivity contribution in [1.82, 2.24) is 4.98 Å². The van der Waals surface area contributed by atoms with Crippen LogP contribution >= 0.6 is 0 Å². The molecule has 0 aromatic carbocycles. The Kier molecular flexibility index (Phi) is 2.54. The first-order valence-electron chi connectivity index (χ1n) is 4.79. The quantitative estimate of drug-likeness (QED) is 0.757. The van der Waals surface area contributed by atoms with Crippen molar-refractivity contribution in [1.29, 1.82) is 0 Å². The lowest BCUT2D eigenvalue weighted by molar-refractivity contribution is 0.121. The fraction of sp³-hybridized carbons (Fsp3) is 0.500. The molecule has 1 atom stereocenters. The number of methoxy groups -OCH3 is 1. The zero-order valence-corrected chi connectivity index (χ0v) is 8.31. The Morgan fingerprint density at radius 3 is 3.00 bits per heavy atom. The lowest BCUT2D eigenvalue weighted by Crippen LogP contribution is -2.22. The molecule has 2 heterocycles. The predicted octanol–water partition coefficient (Wildman–Crippen LogP) is 0.889. The molecule has 14 heavy (non-hydrogen) atoms. The van der Waals surface area contributed by atoms with Gasteiger partial charge in [0.15, 0.2) is 0 Å². The molecule has 0 bridgehead atoms. The van der Waals surface area contributed by atoms with Gasteiger partial charge in [0.25, 0.3) is 0 Å². The lowest BCUT2D eigenvalue weighted by Gasteiger charge is -2.16. The second kappa shape index (κ2) is 3.84. The summed E-state index contributed by atoms with van der Waals surface area (Å²) in [6, 6.07) is 3.83. The van der Waals surface area contributed by atoms with Crippen LogP contribution in [0.2, 0.25) is 0 Å². The molecule has 0 saturated carbocycles. The van der Waals surface area contributed by atoms with E-state index in [1.807, 2.05) is 12.1 Å². The third-order valence-electron chi connectivity index (χ3n) is 2.57.